The van der Waals surface area contributed by atoms with E-state index < -0.39 is 0 Å². The molecule has 0 aliphatic carbocycles. The van der Waals surface area contributed by atoms with Gasteiger partial charge in [0.1, 0.15) is 5.75 Å². The summed E-state index contributed by atoms with van der Waals surface area (Å²) < 4.78 is 5.62. The van der Waals surface area contributed by atoms with Gasteiger partial charge in [-0.15, -0.1) is 11.8 Å². The van der Waals surface area contributed by atoms with Crippen molar-refractivity contribution in [2.75, 3.05) is 23.4 Å². The Hall–Kier alpha value is -1.65. The smallest absolute Gasteiger partial charge is 0.234 e. The molecule has 2 aromatic rings. The summed E-state index contributed by atoms with van der Waals surface area (Å²) in [5.74, 6) is 2.28. The number of rotatable bonds is 8. The summed E-state index contributed by atoms with van der Waals surface area (Å²) in [5.41, 5.74) is 3.20. The topological polar surface area (TPSA) is 38.3 Å². The molecule has 134 valence electrons. The molecule has 0 saturated heterocycles. The zero-order valence-corrected chi connectivity index (χ0v) is 16.4. The second kappa shape index (κ2) is 9.73. The maximum atomic E-state index is 12.2. The molecule has 0 heterocycles. The van der Waals surface area contributed by atoms with Crippen molar-refractivity contribution in [3.8, 4) is 5.75 Å². The number of hydrogen-bond donors (Lipinski definition) is 1. The lowest BCUT2D eigenvalue weighted by Crippen LogP contribution is -2.17. The van der Waals surface area contributed by atoms with E-state index in [2.05, 4.69) is 25.2 Å². The van der Waals surface area contributed by atoms with Crippen molar-refractivity contribution >= 4 is 35.0 Å². The first kappa shape index (κ1) is 19.7. The molecular formula is C20H24ClNO2S. The number of amides is 1. The maximum Gasteiger partial charge on any atom is 0.234 e. The average Bonchev–Trinajstić information content (AvgIpc) is 2.56. The molecule has 0 radical (unpaired) electrons. The van der Waals surface area contributed by atoms with Gasteiger partial charge in [0.25, 0.3) is 0 Å². The van der Waals surface area contributed by atoms with E-state index >= 15 is 0 Å². The van der Waals surface area contributed by atoms with Gasteiger partial charge in [0.2, 0.25) is 5.91 Å². The van der Waals surface area contributed by atoms with Crippen molar-refractivity contribution in [2.24, 2.45) is 0 Å². The Kier molecular flexibility index (Phi) is 7.66. The van der Waals surface area contributed by atoms with E-state index in [-0.39, 0.29) is 5.91 Å². The van der Waals surface area contributed by atoms with Gasteiger partial charge in [0.05, 0.1) is 12.4 Å². The number of aryl methyl sites for hydroxylation is 1. The van der Waals surface area contributed by atoms with Gasteiger partial charge in [-0.3, -0.25) is 4.79 Å². The second-order valence-corrected chi connectivity index (χ2v) is 7.64. The third-order valence-electron chi connectivity index (χ3n) is 3.72. The first-order valence-corrected chi connectivity index (χ1v) is 9.86. The van der Waals surface area contributed by atoms with Crippen LogP contribution in [0.25, 0.3) is 0 Å². The van der Waals surface area contributed by atoms with E-state index in [9.17, 15) is 4.79 Å². The first-order valence-electron chi connectivity index (χ1n) is 8.33. The van der Waals surface area contributed by atoms with Gasteiger partial charge in [-0.25, -0.2) is 0 Å². The second-order valence-electron chi connectivity index (χ2n) is 6.10. The highest BCUT2D eigenvalue weighted by Gasteiger charge is 2.11. The van der Waals surface area contributed by atoms with Crippen LogP contribution < -0.4 is 10.1 Å². The van der Waals surface area contributed by atoms with Crippen molar-refractivity contribution in [3.05, 3.63) is 58.6 Å². The highest BCUT2D eigenvalue weighted by Crippen LogP contribution is 2.27. The zero-order chi connectivity index (χ0) is 18.2. The van der Waals surface area contributed by atoms with Crippen molar-refractivity contribution in [2.45, 2.75) is 26.7 Å². The van der Waals surface area contributed by atoms with Gasteiger partial charge in [0.15, 0.2) is 0 Å². The summed E-state index contributed by atoms with van der Waals surface area (Å²) >= 11 is 7.47. The number of carbonyl (C=O) groups excluding carboxylic acids is 1. The predicted molar refractivity (Wildman–Crippen MR) is 108 cm³/mol. The molecule has 0 unspecified atom stereocenters. The zero-order valence-electron chi connectivity index (χ0n) is 14.8. The predicted octanol–water partition coefficient (Wildman–Crippen LogP) is 5.52. The number of halogens is 1. The molecule has 5 heteroatoms. The molecule has 0 fully saturated rings. The van der Waals surface area contributed by atoms with E-state index in [1.165, 1.54) is 5.56 Å². The summed E-state index contributed by atoms with van der Waals surface area (Å²) in [5, 5.41) is 3.71. The fourth-order valence-electron chi connectivity index (χ4n) is 2.46. The quantitative estimate of drug-likeness (QED) is 0.615. The van der Waals surface area contributed by atoms with Gasteiger partial charge < -0.3 is 10.1 Å². The standard InChI is InChI=1S/C20H24ClNO2S/c1-14(2)18-9-4-6-15(3)20(18)22-19(23)13-25-11-10-24-17-8-5-7-16(21)12-17/h4-9,12,14H,10-11,13H2,1-3H3,(H,22,23). The minimum Gasteiger partial charge on any atom is -0.493 e. The Morgan fingerprint density at radius 1 is 1.24 bits per heavy atom. The molecular weight excluding hydrogens is 354 g/mol. The van der Waals surface area contributed by atoms with Crippen molar-refractivity contribution in [3.63, 3.8) is 0 Å². The summed E-state index contributed by atoms with van der Waals surface area (Å²) in [6.45, 7) is 6.83. The van der Waals surface area contributed by atoms with Gasteiger partial charge in [0, 0.05) is 16.5 Å². The molecule has 0 aliphatic rings. The van der Waals surface area contributed by atoms with Crippen LogP contribution in [0.15, 0.2) is 42.5 Å². The van der Waals surface area contributed by atoms with E-state index in [0.717, 1.165) is 22.8 Å². The Balaban J connectivity index is 1.76. The van der Waals surface area contributed by atoms with Gasteiger partial charge in [-0.2, -0.15) is 0 Å². The summed E-state index contributed by atoms with van der Waals surface area (Å²) in [7, 11) is 0. The maximum absolute atomic E-state index is 12.2. The van der Waals surface area contributed by atoms with Crippen LogP contribution in [-0.2, 0) is 4.79 Å². The van der Waals surface area contributed by atoms with Crippen LogP contribution in [0.5, 0.6) is 5.75 Å². The third-order valence-corrected chi connectivity index (χ3v) is 4.87. The van der Waals surface area contributed by atoms with Crippen molar-refractivity contribution in [1.29, 1.82) is 0 Å². The molecule has 0 aliphatic heterocycles. The first-order chi connectivity index (χ1) is 12.0. The molecule has 1 N–H and O–H groups in total. The molecule has 1 amide bonds. The van der Waals surface area contributed by atoms with E-state index in [1.807, 2.05) is 37.3 Å². The van der Waals surface area contributed by atoms with E-state index in [1.54, 1.807) is 17.8 Å². The third kappa shape index (κ3) is 6.29. The van der Waals surface area contributed by atoms with Crippen LogP contribution in [0.1, 0.15) is 30.9 Å². The largest absolute Gasteiger partial charge is 0.493 e. The van der Waals surface area contributed by atoms with Crippen LogP contribution in [0.2, 0.25) is 5.02 Å². The summed E-state index contributed by atoms with van der Waals surface area (Å²) in [6.07, 6.45) is 0. The van der Waals surface area contributed by atoms with Crippen LogP contribution in [-0.4, -0.2) is 24.0 Å². The summed E-state index contributed by atoms with van der Waals surface area (Å²) in [4.78, 5) is 12.2. The number of ether oxygens (including phenoxy) is 1. The fraction of sp³-hybridized carbons (Fsp3) is 0.350. The molecule has 3 nitrogen and oxygen atoms in total. The molecule has 2 rings (SSSR count). The SMILES string of the molecule is Cc1cccc(C(C)C)c1NC(=O)CSCCOc1cccc(Cl)c1. The number of benzene rings is 2. The minimum atomic E-state index is 0.0176. The molecule has 0 atom stereocenters. The van der Waals surface area contributed by atoms with Gasteiger partial charge in [-0.1, -0.05) is 49.7 Å². The summed E-state index contributed by atoms with van der Waals surface area (Å²) in [6, 6.07) is 13.4. The van der Waals surface area contributed by atoms with E-state index in [0.29, 0.717) is 23.3 Å². The van der Waals surface area contributed by atoms with Crippen molar-refractivity contribution < 1.29 is 9.53 Å². The van der Waals surface area contributed by atoms with E-state index in [4.69, 9.17) is 16.3 Å². The fourth-order valence-corrected chi connectivity index (χ4v) is 3.24. The molecule has 0 bridgehead atoms. The Labute approximate surface area is 159 Å². The molecule has 25 heavy (non-hydrogen) atoms. The number of hydrogen-bond acceptors (Lipinski definition) is 3. The minimum absolute atomic E-state index is 0.0176. The number of thioether (sulfide) groups is 1. The van der Waals surface area contributed by atoms with Gasteiger partial charge in [-0.05, 0) is 42.2 Å². The number of anilines is 1. The molecule has 2 aromatic carbocycles. The molecule has 0 spiro atoms. The van der Waals surface area contributed by atoms with Crippen LogP contribution >= 0.6 is 23.4 Å². The molecule has 0 saturated carbocycles. The average molecular weight is 378 g/mol. The van der Waals surface area contributed by atoms with Crippen LogP contribution in [0.4, 0.5) is 5.69 Å². The Bertz CT molecular complexity index is 719. The lowest BCUT2D eigenvalue weighted by molar-refractivity contribution is -0.113. The number of carbonyl (C=O) groups is 1. The number of para-hydroxylation sites is 1. The molecule has 0 aromatic heterocycles. The Morgan fingerprint density at radius 3 is 2.72 bits per heavy atom. The van der Waals surface area contributed by atoms with Crippen molar-refractivity contribution in [1.82, 2.24) is 0 Å². The highest BCUT2D eigenvalue weighted by molar-refractivity contribution is 7.99. The Morgan fingerprint density at radius 2 is 2.00 bits per heavy atom. The normalized spacial score (nSPS) is 10.8. The van der Waals surface area contributed by atoms with Crippen LogP contribution in [0.3, 0.4) is 0 Å². The number of nitrogens with one attached hydrogen (secondary N) is 1. The highest BCUT2D eigenvalue weighted by atomic mass is 35.5. The van der Waals surface area contributed by atoms with Gasteiger partial charge >= 0.3 is 0 Å². The van der Waals surface area contributed by atoms with Crippen LogP contribution in [0, 0.1) is 6.92 Å². The lowest BCUT2D eigenvalue weighted by atomic mass is 9.98. The monoisotopic (exact) mass is 377 g/mol. The lowest BCUT2D eigenvalue weighted by Gasteiger charge is -2.16.